The highest BCUT2D eigenvalue weighted by Crippen LogP contribution is 2.32. The molecule has 2 aromatic carbocycles. The van der Waals surface area contributed by atoms with Crippen LogP contribution in [-0.4, -0.2) is 45.5 Å². The minimum atomic E-state index is -0.233. The second-order valence-corrected chi connectivity index (χ2v) is 11.0. The maximum absolute atomic E-state index is 13.0. The zero-order chi connectivity index (χ0) is 25.6. The van der Waals surface area contributed by atoms with E-state index in [2.05, 4.69) is 15.3 Å². The number of rotatable bonds is 7. The third-order valence-corrected chi connectivity index (χ3v) is 8.45. The summed E-state index contributed by atoms with van der Waals surface area (Å²) in [6.45, 7) is 1.39. The van der Waals surface area contributed by atoms with Crippen LogP contribution >= 0.6 is 34.7 Å². The quantitative estimate of drug-likeness (QED) is 0.263. The Hall–Kier alpha value is -3.20. The average Bonchev–Trinajstić information content (AvgIpc) is 3.44. The van der Waals surface area contributed by atoms with Gasteiger partial charge in [-0.25, -0.2) is 9.97 Å². The first-order valence-corrected chi connectivity index (χ1v) is 14.2. The van der Waals surface area contributed by atoms with Gasteiger partial charge < -0.3 is 10.2 Å². The van der Waals surface area contributed by atoms with Crippen molar-refractivity contribution in [2.24, 2.45) is 0 Å². The number of thiazole rings is 1. The maximum atomic E-state index is 13.0. The van der Waals surface area contributed by atoms with Crippen molar-refractivity contribution in [3.63, 3.8) is 0 Å². The van der Waals surface area contributed by atoms with Gasteiger partial charge in [-0.1, -0.05) is 59.8 Å². The fourth-order valence-electron chi connectivity index (χ4n) is 4.27. The van der Waals surface area contributed by atoms with Gasteiger partial charge in [-0.2, -0.15) is 0 Å². The number of nitrogens with one attached hydrogen (secondary N) is 1. The van der Waals surface area contributed by atoms with Crippen LogP contribution in [0.5, 0.6) is 0 Å². The lowest BCUT2D eigenvalue weighted by atomic mass is 9.97. The van der Waals surface area contributed by atoms with E-state index in [1.807, 2.05) is 77.0 Å². The average molecular weight is 549 g/mol. The summed E-state index contributed by atoms with van der Waals surface area (Å²) in [7, 11) is 0. The standard InChI is InChI=1S/C28H25ClN4O2S2/c29-21-10-8-19(9-11-21)22-5-1-2-6-23(22)31-27(35)24-17-37-28(32-24)20-12-15-33(16-13-20)26(34)18-36-25-7-3-4-14-30-25/h1-11,14,17,20H,12-13,15-16,18H2,(H,31,35). The Labute approximate surface area is 229 Å². The third kappa shape index (κ3) is 6.39. The number of para-hydroxylation sites is 1. The van der Waals surface area contributed by atoms with Crippen LogP contribution < -0.4 is 5.32 Å². The van der Waals surface area contributed by atoms with Crippen LogP contribution in [0.3, 0.4) is 0 Å². The number of pyridine rings is 1. The van der Waals surface area contributed by atoms with Gasteiger partial charge in [0.2, 0.25) is 5.91 Å². The van der Waals surface area contributed by atoms with Crippen molar-refractivity contribution in [2.45, 2.75) is 23.8 Å². The molecule has 0 aliphatic carbocycles. The van der Waals surface area contributed by atoms with Crippen LogP contribution in [0.2, 0.25) is 5.02 Å². The molecule has 0 bridgehead atoms. The smallest absolute Gasteiger partial charge is 0.275 e. The number of carbonyl (C=O) groups is 2. The lowest BCUT2D eigenvalue weighted by molar-refractivity contribution is -0.129. The minimum Gasteiger partial charge on any atom is -0.342 e. The lowest BCUT2D eigenvalue weighted by Crippen LogP contribution is -2.38. The van der Waals surface area contributed by atoms with E-state index in [4.69, 9.17) is 11.6 Å². The van der Waals surface area contributed by atoms with Crippen molar-refractivity contribution >= 4 is 52.2 Å². The first-order chi connectivity index (χ1) is 18.1. The van der Waals surface area contributed by atoms with Gasteiger partial charge in [0.05, 0.1) is 15.8 Å². The van der Waals surface area contributed by atoms with Crippen molar-refractivity contribution in [1.29, 1.82) is 0 Å². The second-order valence-electron chi connectivity index (χ2n) is 8.69. The Kier molecular flexibility index (Phi) is 8.18. The predicted molar refractivity (Wildman–Crippen MR) is 150 cm³/mol. The molecule has 5 rings (SSSR count). The Morgan fingerprint density at radius 3 is 2.54 bits per heavy atom. The number of carbonyl (C=O) groups excluding carboxylic acids is 2. The second kappa shape index (κ2) is 11.9. The van der Waals surface area contributed by atoms with Crippen LogP contribution in [0.25, 0.3) is 11.1 Å². The molecular weight excluding hydrogens is 524 g/mol. The molecule has 2 aromatic heterocycles. The number of halogens is 1. The maximum Gasteiger partial charge on any atom is 0.275 e. The van der Waals surface area contributed by atoms with Gasteiger partial charge in [0.1, 0.15) is 5.69 Å². The van der Waals surface area contributed by atoms with Gasteiger partial charge in [0.25, 0.3) is 5.91 Å². The van der Waals surface area contributed by atoms with Crippen molar-refractivity contribution in [2.75, 3.05) is 24.2 Å². The number of nitrogens with zero attached hydrogens (tertiary/aromatic N) is 3. The van der Waals surface area contributed by atoms with Crippen LogP contribution in [0.4, 0.5) is 5.69 Å². The molecule has 9 heteroatoms. The third-order valence-electron chi connectivity index (χ3n) is 6.26. The number of hydrogen-bond acceptors (Lipinski definition) is 6. The molecule has 1 saturated heterocycles. The number of likely N-dealkylation sites (tertiary alicyclic amines) is 1. The molecule has 3 heterocycles. The van der Waals surface area contributed by atoms with Crippen molar-refractivity contribution < 1.29 is 9.59 Å². The topological polar surface area (TPSA) is 75.2 Å². The largest absolute Gasteiger partial charge is 0.342 e. The molecule has 0 spiro atoms. The molecule has 1 aliphatic rings. The van der Waals surface area contributed by atoms with Gasteiger partial charge in [-0.05, 0) is 48.7 Å². The van der Waals surface area contributed by atoms with E-state index in [0.717, 1.165) is 39.7 Å². The molecule has 0 radical (unpaired) electrons. The number of benzene rings is 2. The molecule has 1 fully saturated rings. The van der Waals surface area contributed by atoms with Crippen LogP contribution in [0.15, 0.2) is 83.3 Å². The first-order valence-electron chi connectivity index (χ1n) is 12.0. The summed E-state index contributed by atoms with van der Waals surface area (Å²) in [5.74, 6) is 0.539. The SMILES string of the molecule is O=C(Nc1ccccc1-c1ccc(Cl)cc1)c1csc(C2CCN(C(=O)CSc3ccccn3)CC2)n1. The van der Waals surface area contributed by atoms with Crippen LogP contribution in [-0.2, 0) is 4.79 Å². The highest BCUT2D eigenvalue weighted by molar-refractivity contribution is 7.99. The van der Waals surface area contributed by atoms with E-state index in [-0.39, 0.29) is 17.7 Å². The van der Waals surface area contributed by atoms with E-state index in [1.54, 1.807) is 6.20 Å². The molecule has 1 N–H and O–H groups in total. The van der Waals surface area contributed by atoms with Gasteiger partial charge >= 0.3 is 0 Å². The number of hydrogen-bond donors (Lipinski definition) is 1. The zero-order valence-corrected chi connectivity index (χ0v) is 22.4. The highest BCUT2D eigenvalue weighted by atomic mass is 35.5. The van der Waals surface area contributed by atoms with Crippen molar-refractivity contribution in [3.05, 3.63) is 94.0 Å². The monoisotopic (exact) mass is 548 g/mol. The van der Waals surface area contributed by atoms with Gasteiger partial charge in [0.15, 0.2) is 0 Å². The van der Waals surface area contributed by atoms with Gasteiger partial charge in [-0.3, -0.25) is 9.59 Å². The Balaban J connectivity index is 1.17. The van der Waals surface area contributed by atoms with Gasteiger partial charge in [0, 0.05) is 46.9 Å². The van der Waals surface area contributed by atoms with Crippen molar-refractivity contribution in [1.82, 2.24) is 14.9 Å². The fraction of sp³-hybridized carbons (Fsp3) is 0.214. The molecule has 0 unspecified atom stereocenters. The molecule has 0 atom stereocenters. The Morgan fingerprint density at radius 1 is 1.03 bits per heavy atom. The van der Waals surface area contributed by atoms with E-state index >= 15 is 0 Å². The molecule has 1 aliphatic heterocycles. The summed E-state index contributed by atoms with van der Waals surface area (Å²) in [6, 6.07) is 20.9. The molecule has 2 amide bonds. The minimum absolute atomic E-state index is 0.132. The van der Waals surface area contributed by atoms with Crippen LogP contribution in [0.1, 0.15) is 34.3 Å². The number of piperidine rings is 1. The first kappa shape index (κ1) is 25.4. The Morgan fingerprint density at radius 2 is 1.78 bits per heavy atom. The van der Waals surface area contributed by atoms with Crippen molar-refractivity contribution in [3.8, 4) is 11.1 Å². The Bertz CT molecular complexity index is 1370. The van der Waals surface area contributed by atoms with E-state index in [0.29, 0.717) is 29.6 Å². The molecule has 0 saturated carbocycles. The summed E-state index contributed by atoms with van der Waals surface area (Å²) in [4.78, 5) is 36.5. The summed E-state index contributed by atoms with van der Waals surface area (Å²) >= 11 is 9.01. The summed E-state index contributed by atoms with van der Waals surface area (Å²) in [5.41, 5.74) is 3.02. The highest BCUT2D eigenvalue weighted by Gasteiger charge is 2.26. The molecule has 4 aromatic rings. The molecular formula is C28H25ClN4O2S2. The predicted octanol–water partition coefficient (Wildman–Crippen LogP) is 6.61. The number of aromatic nitrogens is 2. The van der Waals surface area contributed by atoms with Crippen LogP contribution in [0, 0.1) is 0 Å². The molecule has 188 valence electrons. The summed E-state index contributed by atoms with van der Waals surface area (Å²) in [5, 5.41) is 7.31. The van der Waals surface area contributed by atoms with E-state index in [1.165, 1.54) is 23.1 Å². The van der Waals surface area contributed by atoms with Gasteiger partial charge in [-0.15, -0.1) is 11.3 Å². The number of anilines is 1. The molecule has 6 nitrogen and oxygen atoms in total. The zero-order valence-electron chi connectivity index (χ0n) is 20.0. The summed E-state index contributed by atoms with van der Waals surface area (Å²) in [6.07, 6.45) is 3.42. The number of amides is 2. The number of thioether (sulfide) groups is 1. The lowest BCUT2D eigenvalue weighted by Gasteiger charge is -2.31. The van der Waals surface area contributed by atoms with E-state index in [9.17, 15) is 9.59 Å². The van der Waals surface area contributed by atoms with E-state index < -0.39 is 0 Å². The fourth-order valence-corrected chi connectivity index (χ4v) is 6.14. The normalized spacial score (nSPS) is 13.9. The molecule has 37 heavy (non-hydrogen) atoms. The summed E-state index contributed by atoms with van der Waals surface area (Å²) < 4.78 is 0.